The number of carbonyl (C=O) groups is 1. The molecule has 2 aromatic carbocycles. The molecule has 3 nitrogen and oxygen atoms in total. The summed E-state index contributed by atoms with van der Waals surface area (Å²) in [5.41, 5.74) is 0.310. The van der Waals surface area contributed by atoms with Crippen molar-refractivity contribution in [1.29, 1.82) is 5.26 Å². The Bertz CT molecular complexity index is 763. The molecule has 0 spiro atoms. The van der Waals surface area contributed by atoms with Crippen molar-refractivity contribution >= 4 is 17.2 Å². The van der Waals surface area contributed by atoms with E-state index < -0.39 is 17.7 Å². The molecule has 0 saturated heterocycles. The van der Waals surface area contributed by atoms with E-state index in [1.165, 1.54) is 19.1 Å². The van der Waals surface area contributed by atoms with Gasteiger partial charge in [0.1, 0.15) is 5.92 Å². The summed E-state index contributed by atoms with van der Waals surface area (Å²) in [5.74, 6) is -1.30. The van der Waals surface area contributed by atoms with Gasteiger partial charge in [0, 0.05) is 16.9 Å². The Labute approximate surface area is 131 Å². The van der Waals surface area contributed by atoms with Crippen molar-refractivity contribution in [2.45, 2.75) is 19.0 Å². The molecular formula is C17H13F3N2O. The summed E-state index contributed by atoms with van der Waals surface area (Å²) in [5, 5.41) is 12.0. The van der Waals surface area contributed by atoms with Crippen LogP contribution in [0.1, 0.15) is 24.0 Å². The lowest BCUT2D eigenvalue weighted by molar-refractivity contribution is -0.137. The zero-order valence-corrected chi connectivity index (χ0v) is 12.2. The number of rotatable bonds is 4. The number of nitrogens with zero attached hydrogens (tertiary/aromatic N) is 1. The molecule has 0 fully saturated rings. The minimum Gasteiger partial charge on any atom is -0.355 e. The van der Waals surface area contributed by atoms with Gasteiger partial charge in [-0.2, -0.15) is 18.4 Å². The SMILES string of the molecule is CC(=O)C(C#N)c1ccccc1Nc1cccc(C(F)(F)F)c1. The second-order valence-electron chi connectivity index (χ2n) is 4.96. The Kier molecular flexibility index (Phi) is 4.70. The number of alkyl halides is 3. The molecule has 2 aromatic rings. The minimum atomic E-state index is -4.44. The van der Waals surface area contributed by atoms with Crippen LogP contribution in [0, 0.1) is 11.3 Å². The third-order valence-corrected chi connectivity index (χ3v) is 3.28. The molecule has 1 unspecified atom stereocenters. The van der Waals surface area contributed by atoms with Gasteiger partial charge in [0.05, 0.1) is 11.6 Å². The summed E-state index contributed by atoms with van der Waals surface area (Å²) in [6.07, 6.45) is -4.44. The molecule has 1 atom stereocenters. The molecular weight excluding hydrogens is 305 g/mol. The summed E-state index contributed by atoms with van der Waals surface area (Å²) < 4.78 is 38.3. The predicted molar refractivity (Wildman–Crippen MR) is 80.2 cm³/mol. The van der Waals surface area contributed by atoms with Crippen molar-refractivity contribution in [3.63, 3.8) is 0 Å². The lowest BCUT2D eigenvalue weighted by Crippen LogP contribution is -2.09. The molecule has 0 saturated carbocycles. The van der Waals surface area contributed by atoms with Crippen LogP contribution in [0.2, 0.25) is 0 Å². The third kappa shape index (κ3) is 3.89. The highest BCUT2D eigenvalue weighted by atomic mass is 19.4. The Morgan fingerprint density at radius 1 is 1.17 bits per heavy atom. The van der Waals surface area contributed by atoms with E-state index in [1.807, 2.05) is 6.07 Å². The summed E-state index contributed by atoms with van der Waals surface area (Å²) >= 11 is 0. The largest absolute Gasteiger partial charge is 0.416 e. The van der Waals surface area contributed by atoms with Crippen LogP contribution in [-0.2, 0) is 11.0 Å². The van der Waals surface area contributed by atoms with Crippen molar-refractivity contribution in [2.24, 2.45) is 0 Å². The van der Waals surface area contributed by atoms with Gasteiger partial charge in [-0.1, -0.05) is 24.3 Å². The number of nitriles is 1. The topological polar surface area (TPSA) is 52.9 Å². The molecule has 0 amide bonds. The standard InChI is InChI=1S/C17H13F3N2O/c1-11(23)15(10-21)14-7-2-3-8-16(14)22-13-6-4-5-12(9-13)17(18,19)20/h2-9,15,22H,1H3. The number of anilines is 2. The van der Waals surface area contributed by atoms with Gasteiger partial charge in [0.25, 0.3) is 0 Å². The van der Waals surface area contributed by atoms with Crippen molar-refractivity contribution < 1.29 is 18.0 Å². The molecule has 0 aromatic heterocycles. The van der Waals surface area contributed by atoms with Crippen LogP contribution in [-0.4, -0.2) is 5.78 Å². The lowest BCUT2D eigenvalue weighted by Gasteiger charge is -2.15. The monoisotopic (exact) mass is 318 g/mol. The number of para-hydroxylation sites is 1. The Balaban J connectivity index is 2.39. The van der Waals surface area contributed by atoms with Crippen molar-refractivity contribution in [3.05, 3.63) is 59.7 Å². The first kappa shape index (κ1) is 16.6. The van der Waals surface area contributed by atoms with Gasteiger partial charge in [0.2, 0.25) is 0 Å². The van der Waals surface area contributed by atoms with E-state index in [4.69, 9.17) is 5.26 Å². The number of ketones is 1. The van der Waals surface area contributed by atoms with Crippen LogP contribution in [0.25, 0.3) is 0 Å². The van der Waals surface area contributed by atoms with E-state index in [0.29, 0.717) is 11.3 Å². The van der Waals surface area contributed by atoms with Crippen molar-refractivity contribution in [1.82, 2.24) is 0 Å². The van der Waals surface area contributed by atoms with Crippen LogP contribution in [0.3, 0.4) is 0 Å². The number of hydrogen-bond donors (Lipinski definition) is 1. The molecule has 2 rings (SSSR count). The van der Waals surface area contributed by atoms with Gasteiger partial charge in [-0.3, -0.25) is 4.79 Å². The average molecular weight is 318 g/mol. The fourth-order valence-electron chi connectivity index (χ4n) is 2.17. The maximum absolute atomic E-state index is 12.8. The number of Topliss-reactive ketones (excluding diaryl/α,β-unsaturated/α-hetero) is 1. The zero-order chi connectivity index (χ0) is 17.0. The third-order valence-electron chi connectivity index (χ3n) is 3.28. The Morgan fingerprint density at radius 3 is 2.48 bits per heavy atom. The van der Waals surface area contributed by atoms with E-state index in [1.54, 1.807) is 24.3 Å². The van der Waals surface area contributed by atoms with Crippen LogP contribution in [0.4, 0.5) is 24.5 Å². The maximum Gasteiger partial charge on any atom is 0.416 e. The Morgan fingerprint density at radius 2 is 1.87 bits per heavy atom. The number of benzene rings is 2. The van der Waals surface area contributed by atoms with E-state index in [2.05, 4.69) is 5.32 Å². The summed E-state index contributed by atoms with van der Waals surface area (Å²) in [6, 6.07) is 13.2. The van der Waals surface area contributed by atoms with Crippen molar-refractivity contribution in [3.8, 4) is 6.07 Å². The van der Waals surface area contributed by atoms with Crippen LogP contribution in [0.15, 0.2) is 48.5 Å². The molecule has 0 aliphatic carbocycles. The Hall–Kier alpha value is -2.81. The fraction of sp³-hybridized carbons (Fsp3) is 0.176. The van der Waals surface area contributed by atoms with Gasteiger partial charge in [-0.05, 0) is 31.2 Å². The quantitative estimate of drug-likeness (QED) is 0.893. The van der Waals surface area contributed by atoms with Gasteiger partial charge in [-0.15, -0.1) is 0 Å². The van der Waals surface area contributed by atoms with Gasteiger partial charge in [-0.25, -0.2) is 0 Å². The molecule has 0 radical (unpaired) electrons. The van der Waals surface area contributed by atoms with E-state index in [-0.39, 0.29) is 11.5 Å². The molecule has 118 valence electrons. The van der Waals surface area contributed by atoms with E-state index >= 15 is 0 Å². The predicted octanol–water partition coefficient (Wildman–Crippen LogP) is 4.65. The van der Waals surface area contributed by atoms with E-state index in [9.17, 15) is 18.0 Å². The molecule has 0 aliphatic heterocycles. The van der Waals surface area contributed by atoms with Gasteiger partial charge in [0.15, 0.2) is 5.78 Å². The zero-order valence-electron chi connectivity index (χ0n) is 12.2. The molecule has 23 heavy (non-hydrogen) atoms. The summed E-state index contributed by atoms with van der Waals surface area (Å²) in [7, 11) is 0. The second-order valence-corrected chi connectivity index (χ2v) is 4.96. The normalized spacial score (nSPS) is 12.3. The number of nitrogens with one attached hydrogen (secondary N) is 1. The van der Waals surface area contributed by atoms with Gasteiger partial charge < -0.3 is 5.32 Å². The highest BCUT2D eigenvalue weighted by Crippen LogP contribution is 2.33. The summed E-state index contributed by atoms with van der Waals surface area (Å²) in [6.45, 7) is 1.30. The second kappa shape index (κ2) is 6.53. The first-order valence-electron chi connectivity index (χ1n) is 6.76. The minimum absolute atomic E-state index is 0.229. The maximum atomic E-state index is 12.8. The lowest BCUT2D eigenvalue weighted by atomic mass is 9.95. The molecule has 0 aliphatic rings. The van der Waals surface area contributed by atoms with Gasteiger partial charge >= 0.3 is 6.18 Å². The molecule has 0 bridgehead atoms. The molecule has 0 heterocycles. The number of halogens is 3. The van der Waals surface area contributed by atoms with Crippen LogP contribution >= 0.6 is 0 Å². The highest BCUT2D eigenvalue weighted by Gasteiger charge is 2.30. The van der Waals surface area contributed by atoms with Crippen LogP contribution < -0.4 is 5.32 Å². The summed E-state index contributed by atoms with van der Waals surface area (Å²) in [4.78, 5) is 11.6. The fourth-order valence-corrected chi connectivity index (χ4v) is 2.17. The van der Waals surface area contributed by atoms with Crippen molar-refractivity contribution in [2.75, 3.05) is 5.32 Å². The average Bonchev–Trinajstić information content (AvgIpc) is 2.49. The number of carbonyl (C=O) groups excluding carboxylic acids is 1. The first-order chi connectivity index (χ1) is 10.8. The molecule has 1 N–H and O–H groups in total. The molecule has 6 heteroatoms. The smallest absolute Gasteiger partial charge is 0.355 e. The highest BCUT2D eigenvalue weighted by molar-refractivity contribution is 5.88. The number of hydrogen-bond acceptors (Lipinski definition) is 3. The van der Waals surface area contributed by atoms with E-state index in [0.717, 1.165) is 12.1 Å². The van der Waals surface area contributed by atoms with Crippen LogP contribution in [0.5, 0.6) is 0 Å². The first-order valence-corrected chi connectivity index (χ1v) is 6.76.